The lowest BCUT2D eigenvalue weighted by Gasteiger charge is -2.29. The van der Waals surface area contributed by atoms with Crippen LogP contribution in [0.4, 0.5) is 10.2 Å². The fraction of sp³-hybridized carbons (Fsp3) is 0.111. The zero-order chi connectivity index (χ0) is 27.2. The van der Waals surface area contributed by atoms with Gasteiger partial charge in [0, 0.05) is 10.0 Å². The Hall–Kier alpha value is -3.66. The molecule has 2 atom stereocenters. The third-order valence-corrected chi connectivity index (χ3v) is 8.68. The second-order valence-electron chi connectivity index (χ2n) is 8.50. The molecule has 0 unspecified atom stereocenters. The smallest absolute Gasteiger partial charge is 0.343 e. The van der Waals surface area contributed by atoms with Gasteiger partial charge in [0.15, 0.2) is 0 Å². The molecule has 0 saturated heterocycles. The van der Waals surface area contributed by atoms with Crippen LogP contribution in [0.25, 0.3) is 0 Å². The number of anilines is 1. The molecule has 11 heteroatoms. The molecule has 3 aromatic carbocycles. The summed E-state index contributed by atoms with van der Waals surface area (Å²) >= 11 is 12.2. The maximum absolute atomic E-state index is 14.9. The number of fused-ring (bicyclic) bond motifs is 1. The highest BCUT2D eigenvalue weighted by atomic mass is 35.5. The van der Waals surface area contributed by atoms with E-state index in [0.29, 0.717) is 21.2 Å². The van der Waals surface area contributed by atoms with Crippen LogP contribution in [0, 0.1) is 5.82 Å². The number of methoxy groups -OCH3 is 1. The van der Waals surface area contributed by atoms with E-state index in [0.717, 1.165) is 23.5 Å². The Kier molecular flexibility index (Phi) is 6.77. The number of hydrogen-bond donors (Lipinski definition) is 0. The van der Waals surface area contributed by atoms with Crippen LogP contribution in [-0.4, -0.2) is 26.1 Å². The molecule has 0 saturated carbocycles. The molecule has 5 rings (SSSR count). The lowest BCUT2D eigenvalue weighted by molar-refractivity contribution is 0.0598. The van der Waals surface area contributed by atoms with E-state index in [4.69, 9.17) is 27.9 Å². The van der Waals surface area contributed by atoms with E-state index < -0.39 is 44.3 Å². The summed E-state index contributed by atoms with van der Waals surface area (Å²) in [6.45, 7) is 0. The molecule has 0 radical (unpaired) electrons. The van der Waals surface area contributed by atoms with Gasteiger partial charge in [-0.1, -0.05) is 59.6 Å². The van der Waals surface area contributed by atoms with Gasteiger partial charge < -0.3 is 4.74 Å². The number of halogens is 3. The molecule has 4 aromatic rings. The number of hydrogen-bond acceptors (Lipinski definition) is 5. The summed E-state index contributed by atoms with van der Waals surface area (Å²) in [4.78, 5) is 25.6. The molecule has 2 heterocycles. The molecule has 1 aliphatic rings. The van der Waals surface area contributed by atoms with Gasteiger partial charge in [-0.15, -0.1) is 0 Å². The molecule has 0 aliphatic carbocycles. The molecular formula is C27H19Cl2FN2O5S. The normalized spacial score (nSPS) is 16.8. The SMILES string of the molecule is COC(=O)c1ccc2n(c1=O)[C@H](c1ccc(Cl)cc1)[C@H](c1ccc(Cl)cc1)N2S(=O)(=O)c1ccccc1F. The highest BCUT2D eigenvalue weighted by Crippen LogP contribution is 2.49. The van der Waals surface area contributed by atoms with E-state index in [1.165, 1.54) is 28.8 Å². The molecule has 0 spiro atoms. The van der Waals surface area contributed by atoms with Crippen LogP contribution < -0.4 is 9.86 Å². The summed E-state index contributed by atoms with van der Waals surface area (Å²) in [5.41, 5.74) is -0.0300. The number of carbonyl (C=O) groups excluding carboxylic acids is 1. The number of aromatic nitrogens is 1. The molecule has 1 aromatic heterocycles. The van der Waals surface area contributed by atoms with Crippen molar-refractivity contribution in [3.63, 3.8) is 0 Å². The van der Waals surface area contributed by atoms with Crippen molar-refractivity contribution < 1.29 is 22.3 Å². The minimum atomic E-state index is -4.57. The lowest BCUT2D eigenvalue weighted by atomic mass is 9.94. The summed E-state index contributed by atoms with van der Waals surface area (Å²) in [5, 5.41) is 0.850. The van der Waals surface area contributed by atoms with Gasteiger partial charge in [-0.2, -0.15) is 0 Å². The predicted octanol–water partition coefficient (Wildman–Crippen LogP) is 5.62. The number of nitrogens with zero attached hydrogens (tertiary/aromatic N) is 2. The van der Waals surface area contributed by atoms with Gasteiger partial charge >= 0.3 is 5.97 Å². The van der Waals surface area contributed by atoms with Gasteiger partial charge in [0.25, 0.3) is 15.6 Å². The highest BCUT2D eigenvalue weighted by molar-refractivity contribution is 7.92. The number of benzene rings is 3. The number of ether oxygens (including phenoxy) is 1. The van der Waals surface area contributed by atoms with Gasteiger partial charge in [0.2, 0.25) is 0 Å². The zero-order valence-corrected chi connectivity index (χ0v) is 22.0. The van der Waals surface area contributed by atoms with Crippen molar-refractivity contribution in [1.82, 2.24) is 4.57 Å². The standard InChI is InChI=1S/C27H19Cl2FN2O5S/c1-37-27(34)20-14-15-23-31(26(20)33)24(16-6-10-18(28)11-7-16)25(17-8-12-19(29)13-9-17)32(23)38(35,36)22-5-3-2-4-21(22)30/h2-15,24-25H,1H3/t24-,25+/m1/s1. The van der Waals surface area contributed by atoms with Crippen molar-refractivity contribution in [2.75, 3.05) is 11.4 Å². The summed E-state index contributed by atoms with van der Waals surface area (Å²) in [7, 11) is -3.43. The van der Waals surface area contributed by atoms with Crippen LogP contribution in [-0.2, 0) is 14.8 Å². The topological polar surface area (TPSA) is 85.7 Å². The summed E-state index contributed by atoms with van der Waals surface area (Å²) in [6, 6.07) is 18.5. The second-order valence-corrected chi connectivity index (χ2v) is 11.2. The minimum Gasteiger partial charge on any atom is -0.465 e. The van der Waals surface area contributed by atoms with Crippen molar-refractivity contribution in [3.8, 4) is 0 Å². The van der Waals surface area contributed by atoms with E-state index in [1.54, 1.807) is 48.5 Å². The Balaban J connectivity index is 1.87. The molecule has 38 heavy (non-hydrogen) atoms. The van der Waals surface area contributed by atoms with Gasteiger partial charge in [-0.05, 0) is 59.7 Å². The average molecular weight is 573 g/mol. The number of carbonyl (C=O) groups is 1. The molecule has 194 valence electrons. The zero-order valence-electron chi connectivity index (χ0n) is 19.7. The Morgan fingerprint density at radius 3 is 1.95 bits per heavy atom. The number of pyridine rings is 1. The van der Waals surface area contributed by atoms with Crippen LogP contribution in [0.3, 0.4) is 0 Å². The van der Waals surface area contributed by atoms with Crippen LogP contribution >= 0.6 is 23.2 Å². The number of esters is 1. The lowest BCUT2D eigenvalue weighted by Crippen LogP contribution is -2.34. The van der Waals surface area contributed by atoms with Crippen LogP contribution in [0.1, 0.15) is 33.6 Å². The molecule has 1 aliphatic heterocycles. The van der Waals surface area contributed by atoms with E-state index in [-0.39, 0.29) is 11.4 Å². The first-order valence-corrected chi connectivity index (χ1v) is 13.5. The molecular weight excluding hydrogens is 554 g/mol. The number of sulfonamides is 1. The Morgan fingerprint density at radius 2 is 1.39 bits per heavy atom. The first kappa shape index (κ1) is 26.0. The Labute approximate surface area is 227 Å². The first-order valence-electron chi connectivity index (χ1n) is 11.3. The van der Waals surface area contributed by atoms with Crippen molar-refractivity contribution >= 4 is 45.0 Å². The van der Waals surface area contributed by atoms with E-state index in [1.807, 2.05) is 0 Å². The van der Waals surface area contributed by atoms with E-state index in [2.05, 4.69) is 0 Å². The highest BCUT2D eigenvalue weighted by Gasteiger charge is 2.48. The van der Waals surface area contributed by atoms with Gasteiger partial charge in [0.05, 0.1) is 19.2 Å². The van der Waals surface area contributed by atoms with Gasteiger partial charge in [-0.25, -0.2) is 21.9 Å². The Bertz CT molecular complexity index is 1710. The van der Waals surface area contributed by atoms with Crippen LogP contribution in [0.15, 0.2) is 94.6 Å². The van der Waals surface area contributed by atoms with Crippen molar-refractivity contribution in [2.45, 2.75) is 17.0 Å². The largest absolute Gasteiger partial charge is 0.465 e. The molecule has 0 N–H and O–H groups in total. The maximum Gasteiger partial charge on any atom is 0.343 e. The maximum atomic E-state index is 14.9. The average Bonchev–Trinajstić information content (AvgIpc) is 3.26. The third kappa shape index (κ3) is 4.26. The van der Waals surface area contributed by atoms with Gasteiger partial charge in [0.1, 0.15) is 22.1 Å². The van der Waals surface area contributed by atoms with Crippen molar-refractivity contribution in [3.05, 3.63) is 128 Å². The van der Waals surface area contributed by atoms with Crippen LogP contribution in [0.5, 0.6) is 0 Å². The fourth-order valence-corrected chi connectivity index (χ4v) is 6.63. The summed E-state index contributed by atoms with van der Waals surface area (Å²) in [6.07, 6.45) is 0. The summed E-state index contributed by atoms with van der Waals surface area (Å²) < 4.78 is 50.1. The molecule has 7 nitrogen and oxygen atoms in total. The number of rotatable bonds is 5. The molecule has 0 fully saturated rings. The summed E-state index contributed by atoms with van der Waals surface area (Å²) in [5.74, 6) is -1.87. The van der Waals surface area contributed by atoms with Crippen molar-refractivity contribution in [1.29, 1.82) is 0 Å². The Morgan fingerprint density at radius 1 is 0.842 bits per heavy atom. The molecule has 0 bridgehead atoms. The first-order chi connectivity index (χ1) is 18.1. The predicted molar refractivity (Wildman–Crippen MR) is 142 cm³/mol. The fourth-order valence-electron chi connectivity index (χ4n) is 4.67. The van der Waals surface area contributed by atoms with Crippen LogP contribution in [0.2, 0.25) is 10.0 Å². The third-order valence-electron chi connectivity index (χ3n) is 6.35. The monoisotopic (exact) mass is 572 g/mol. The molecule has 0 amide bonds. The van der Waals surface area contributed by atoms with E-state index >= 15 is 0 Å². The van der Waals surface area contributed by atoms with E-state index in [9.17, 15) is 22.4 Å². The second kappa shape index (κ2) is 9.90. The van der Waals surface area contributed by atoms with Gasteiger partial charge in [-0.3, -0.25) is 9.36 Å². The minimum absolute atomic E-state index is 0.0502. The van der Waals surface area contributed by atoms with Crippen molar-refractivity contribution in [2.24, 2.45) is 0 Å². The quantitative estimate of drug-likeness (QED) is 0.290.